The van der Waals surface area contributed by atoms with Crippen LogP contribution in [0.5, 0.6) is 0 Å². The van der Waals surface area contributed by atoms with E-state index in [0.717, 1.165) is 12.0 Å². The number of halogens is 3. The predicted octanol–water partition coefficient (Wildman–Crippen LogP) is 1.49. The van der Waals surface area contributed by atoms with Crippen molar-refractivity contribution in [2.24, 2.45) is 11.7 Å². The van der Waals surface area contributed by atoms with E-state index in [1.54, 1.807) is 18.2 Å². The van der Waals surface area contributed by atoms with Crippen molar-refractivity contribution in [3.8, 4) is 0 Å². The molecule has 2 aliphatic rings. The normalized spacial score (nSPS) is 22.9. The third-order valence-corrected chi connectivity index (χ3v) is 5.30. The van der Waals surface area contributed by atoms with Crippen molar-refractivity contribution in [1.82, 2.24) is 9.80 Å². The largest absolute Gasteiger partial charge is 0.406 e. The van der Waals surface area contributed by atoms with Crippen LogP contribution in [0.15, 0.2) is 24.3 Å². The molecule has 1 aromatic rings. The van der Waals surface area contributed by atoms with Crippen LogP contribution in [0.25, 0.3) is 0 Å². The number of nitrogens with one attached hydrogen (secondary N) is 1. The number of likely N-dealkylation sites (tertiary alicyclic amines) is 2. The zero-order valence-corrected chi connectivity index (χ0v) is 15.7. The molecule has 158 valence electrons. The Labute approximate surface area is 166 Å². The van der Waals surface area contributed by atoms with E-state index in [2.05, 4.69) is 5.32 Å². The first-order valence-corrected chi connectivity index (χ1v) is 9.40. The average Bonchev–Trinajstić information content (AvgIpc) is 3.22. The average molecular weight is 412 g/mol. The van der Waals surface area contributed by atoms with Gasteiger partial charge in [0.2, 0.25) is 17.7 Å². The Morgan fingerprint density at radius 3 is 2.66 bits per heavy atom. The molecule has 0 aromatic heterocycles. The molecule has 0 radical (unpaired) electrons. The Kier molecular flexibility index (Phi) is 6.11. The van der Waals surface area contributed by atoms with Gasteiger partial charge in [0.15, 0.2) is 0 Å². The number of carbonyl (C=O) groups excluding carboxylic acids is 3. The second-order valence-corrected chi connectivity index (χ2v) is 7.47. The van der Waals surface area contributed by atoms with Crippen molar-refractivity contribution in [2.75, 3.05) is 25.0 Å². The van der Waals surface area contributed by atoms with Gasteiger partial charge in [-0.25, -0.2) is 0 Å². The Balaban J connectivity index is 1.66. The van der Waals surface area contributed by atoms with E-state index in [4.69, 9.17) is 5.73 Å². The van der Waals surface area contributed by atoms with Gasteiger partial charge in [-0.2, -0.15) is 13.2 Å². The molecule has 2 atom stereocenters. The Bertz CT molecular complexity index is 799. The number of nitrogens with two attached hydrogens (primary N) is 1. The molecule has 2 heterocycles. The van der Waals surface area contributed by atoms with Crippen LogP contribution < -0.4 is 11.1 Å². The van der Waals surface area contributed by atoms with Crippen molar-refractivity contribution >= 4 is 23.4 Å². The molecule has 2 saturated heterocycles. The maximum absolute atomic E-state index is 12.6. The van der Waals surface area contributed by atoms with Gasteiger partial charge in [0.05, 0.1) is 12.0 Å². The summed E-state index contributed by atoms with van der Waals surface area (Å²) in [6.45, 7) is -0.495. The van der Waals surface area contributed by atoms with Gasteiger partial charge in [-0.3, -0.25) is 19.3 Å². The lowest BCUT2D eigenvalue weighted by molar-refractivity contribution is -0.157. The molecule has 3 rings (SSSR count). The van der Waals surface area contributed by atoms with Gasteiger partial charge in [0, 0.05) is 25.2 Å². The van der Waals surface area contributed by atoms with Crippen molar-refractivity contribution < 1.29 is 27.6 Å². The van der Waals surface area contributed by atoms with E-state index in [1.165, 1.54) is 0 Å². The summed E-state index contributed by atoms with van der Waals surface area (Å²) in [6, 6.07) is 6.66. The minimum Gasteiger partial charge on any atom is -0.368 e. The van der Waals surface area contributed by atoms with Crippen LogP contribution in [-0.4, -0.2) is 59.4 Å². The highest BCUT2D eigenvalue weighted by Gasteiger charge is 2.40. The summed E-state index contributed by atoms with van der Waals surface area (Å²) >= 11 is 0. The van der Waals surface area contributed by atoms with E-state index in [9.17, 15) is 27.6 Å². The highest BCUT2D eigenvalue weighted by Crippen LogP contribution is 2.27. The molecule has 2 unspecified atom stereocenters. The summed E-state index contributed by atoms with van der Waals surface area (Å²) in [4.78, 5) is 38.6. The lowest BCUT2D eigenvalue weighted by Crippen LogP contribution is -2.40. The van der Waals surface area contributed by atoms with Gasteiger partial charge in [-0.05, 0) is 31.0 Å². The molecule has 7 nitrogen and oxygen atoms in total. The Hall–Kier alpha value is -2.62. The monoisotopic (exact) mass is 412 g/mol. The van der Waals surface area contributed by atoms with Gasteiger partial charge in [0.25, 0.3) is 0 Å². The molecule has 2 aliphatic heterocycles. The zero-order chi connectivity index (χ0) is 21.2. The maximum Gasteiger partial charge on any atom is 0.406 e. The van der Waals surface area contributed by atoms with Crippen LogP contribution in [0, 0.1) is 5.92 Å². The number of anilines is 1. The van der Waals surface area contributed by atoms with E-state index in [1.807, 2.05) is 11.0 Å². The second kappa shape index (κ2) is 8.40. The Morgan fingerprint density at radius 1 is 1.24 bits per heavy atom. The third-order valence-electron chi connectivity index (χ3n) is 5.30. The molecule has 29 heavy (non-hydrogen) atoms. The van der Waals surface area contributed by atoms with Crippen LogP contribution >= 0.6 is 0 Å². The van der Waals surface area contributed by atoms with Crippen molar-refractivity contribution in [3.63, 3.8) is 0 Å². The summed E-state index contributed by atoms with van der Waals surface area (Å²) in [5.74, 6) is -2.42. The zero-order valence-electron chi connectivity index (χ0n) is 15.7. The number of para-hydroxylation sites is 1. The second-order valence-electron chi connectivity index (χ2n) is 7.47. The predicted molar refractivity (Wildman–Crippen MR) is 98.4 cm³/mol. The molecule has 10 heteroatoms. The summed E-state index contributed by atoms with van der Waals surface area (Å²) in [7, 11) is 0. The number of carbonyl (C=O) groups is 3. The molecule has 3 N–H and O–H groups in total. The molecule has 0 aliphatic carbocycles. The fourth-order valence-electron chi connectivity index (χ4n) is 3.89. The van der Waals surface area contributed by atoms with Gasteiger partial charge in [-0.1, -0.05) is 18.2 Å². The standard InChI is InChI=1S/C19H23F3N4O3/c20-19(21,22)11-26-10-13(8-16(26)27)18(29)24-14-5-2-1-4-12(14)9-25-7-3-6-15(25)17(23)28/h1-2,4-5,13,15H,3,6-11H2,(H2,23,28)(H,24,29). The van der Waals surface area contributed by atoms with Gasteiger partial charge in [-0.15, -0.1) is 0 Å². The van der Waals surface area contributed by atoms with Crippen molar-refractivity contribution in [2.45, 2.75) is 38.0 Å². The van der Waals surface area contributed by atoms with E-state index in [0.29, 0.717) is 30.1 Å². The first-order chi connectivity index (χ1) is 13.6. The molecule has 0 bridgehead atoms. The van der Waals surface area contributed by atoms with E-state index in [-0.39, 0.29) is 19.0 Å². The molecular formula is C19H23F3N4O3. The van der Waals surface area contributed by atoms with Crippen molar-refractivity contribution in [1.29, 1.82) is 0 Å². The number of alkyl halides is 3. The lowest BCUT2D eigenvalue weighted by Gasteiger charge is -2.23. The number of rotatable bonds is 6. The highest BCUT2D eigenvalue weighted by molar-refractivity contribution is 5.97. The summed E-state index contributed by atoms with van der Waals surface area (Å²) in [5, 5.41) is 2.73. The van der Waals surface area contributed by atoms with Crippen LogP contribution in [0.3, 0.4) is 0 Å². The van der Waals surface area contributed by atoms with Gasteiger partial charge < -0.3 is 16.0 Å². The SMILES string of the molecule is NC(=O)C1CCCN1Cc1ccccc1NC(=O)C1CC(=O)N(CC(F)(F)F)C1. The molecule has 0 saturated carbocycles. The number of hydrogen-bond donors (Lipinski definition) is 2. The smallest absolute Gasteiger partial charge is 0.368 e. The molecule has 3 amide bonds. The maximum atomic E-state index is 12.6. The number of nitrogens with zero attached hydrogens (tertiary/aromatic N) is 2. The summed E-state index contributed by atoms with van der Waals surface area (Å²) < 4.78 is 37.7. The van der Waals surface area contributed by atoms with Gasteiger partial charge >= 0.3 is 6.18 Å². The van der Waals surface area contributed by atoms with Crippen LogP contribution in [0.1, 0.15) is 24.8 Å². The quantitative estimate of drug-likeness (QED) is 0.740. The van der Waals surface area contributed by atoms with Crippen LogP contribution in [0.2, 0.25) is 0 Å². The topological polar surface area (TPSA) is 95.7 Å². The molecule has 2 fully saturated rings. The van der Waals surface area contributed by atoms with E-state index < -0.39 is 36.4 Å². The van der Waals surface area contributed by atoms with E-state index >= 15 is 0 Å². The van der Waals surface area contributed by atoms with Crippen LogP contribution in [-0.2, 0) is 20.9 Å². The number of hydrogen-bond acceptors (Lipinski definition) is 4. The fourth-order valence-corrected chi connectivity index (χ4v) is 3.89. The minimum absolute atomic E-state index is 0.250. The number of primary amides is 1. The summed E-state index contributed by atoms with van der Waals surface area (Å²) in [5.41, 5.74) is 6.72. The highest BCUT2D eigenvalue weighted by atomic mass is 19.4. The van der Waals surface area contributed by atoms with Crippen LogP contribution in [0.4, 0.5) is 18.9 Å². The van der Waals surface area contributed by atoms with Crippen molar-refractivity contribution in [3.05, 3.63) is 29.8 Å². The number of benzene rings is 1. The molecule has 0 spiro atoms. The first kappa shape index (κ1) is 21.1. The minimum atomic E-state index is -4.50. The fraction of sp³-hybridized carbons (Fsp3) is 0.526. The first-order valence-electron chi connectivity index (χ1n) is 9.40. The third kappa shape index (κ3) is 5.26. The summed E-state index contributed by atoms with van der Waals surface area (Å²) in [6.07, 6.45) is -3.22. The Morgan fingerprint density at radius 2 is 1.97 bits per heavy atom. The lowest BCUT2D eigenvalue weighted by atomic mass is 10.1. The van der Waals surface area contributed by atoms with Gasteiger partial charge in [0.1, 0.15) is 6.54 Å². The molecule has 1 aromatic carbocycles. The molecular weight excluding hydrogens is 389 g/mol. The number of amides is 3.